The predicted molar refractivity (Wildman–Crippen MR) is 93.9 cm³/mol. The molecule has 10 heteroatoms. The summed E-state index contributed by atoms with van der Waals surface area (Å²) >= 11 is 14.0. The number of alkyl halides is 4. The van der Waals surface area contributed by atoms with Crippen LogP contribution in [0.5, 0.6) is 0 Å². The Balaban J connectivity index is 2.93. The third kappa shape index (κ3) is 6.09. The molecule has 0 bridgehead atoms. The number of hydrogen-bond acceptors (Lipinski definition) is 6. The lowest BCUT2D eigenvalue weighted by atomic mass is 10.3. The van der Waals surface area contributed by atoms with Crippen LogP contribution in [0.15, 0.2) is 0 Å². The van der Waals surface area contributed by atoms with Crippen LogP contribution in [-0.2, 0) is 0 Å². The van der Waals surface area contributed by atoms with Crippen molar-refractivity contribution in [2.45, 2.75) is 9.65 Å². The molecule has 0 saturated heterocycles. The van der Waals surface area contributed by atoms with Crippen LogP contribution in [0.2, 0.25) is 0 Å². The molecule has 0 aliphatic carbocycles. The lowest BCUT2D eigenvalue weighted by Gasteiger charge is -2.26. The molecule has 1 aromatic heterocycles. The molecule has 4 N–H and O–H groups in total. The lowest BCUT2D eigenvalue weighted by molar-refractivity contribution is 0.750. The smallest absolute Gasteiger partial charge is 0.232 e. The Hall–Kier alpha value is 0.330. The van der Waals surface area contributed by atoms with Crippen LogP contribution < -0.4 is 16.4 Å². The van der Waals surface area contributed by atoms with Crippen LogP contribution >= 0.6 is 63.7 Å². The molecule has 0 aliphatic heterocycles. The first-order chi connectivity index (χ1) is 8.96. The number of rotatable bonds is 7. The van der Waals surface area contributed by atoms with Gasteiger partial charge in [-0.15, -0.1) is 0 Å². The summed E-state index contributed by atoms with van der Waals surface area (Å²) in [7, 11) is 0. The fraction of sp³-hybridized carbons (Fsp3) is 0.667. The molecule has 19 heavy (non-hydrogen) atoms. The van der Waals surface area contributed by atoms with Crippen LogP contribution in [0.4, 0.5) is 17.8 Å². The zero-order valence-corrected chi connectivity index (χ0v) is 16.3. The largest absolute Gasteiger partial charge is 0.368 e. The van der Waals surface area contributed by atoms with Crippen LogP contribution in [0.25, 0.3) is 0 Å². The topological polar surface area (TPSA) is 93.9 Å². The van der Waals surface area contributed by atoms with Gasteiger partial charge in [-0.2, -0.15) is 15.0 Å². The van der Waals surface area contributed by atoms with Gasteiger partial charge in [0.15, 0.2) is 0 Å². The third-order valence-electron chi connectivity index (χ3n) is 2.11. The molecular weight excluding hydrogens is 512 g/mol. The van der Waals surface area contributed by atoms with Crippen molar-refractivity contribution in [2.75, 3.05) is 40.1 Å². The molecule has 6 nitrogen and oxygen atoms in total. The van der Waals surface area contributed by atoms with Crippen molar-refractivity contribution in [2.24, 2.45) is 0 Å². The summed E-state index contributed by atoms with van der Waals surface area (Å²) in [5.74, 6) is 0.741. The van der Waals surface area contributed by atoms with E-state index in [2.05, 4.69) is 78.7 Å². The van der Waals surface area contributed by atoms with Gasteiger partial charge in [0.2, 0.25) is 17.8 Å². The first-order valence-electron chi connectivity index (χ1n) is 5.38. The van der Waals surface area contributed by atoms with E-state index in [4.69, 9.17) is 11.5 Å². The molecule has 2 unspecified atom stereocenters. The highest BCUT2D eigenvalue weighted by Gasteiger charge is 2.18. The van der Waals surface area contributed by atoms with E-state index in [-0.39, 0.29) is 21.6 Å². The molecule has 0 spiro atoms. The molecule has 1 aromatic rings. The molecule has 0 saturated carbocycles. The highest BCUT2D eigenvalue weighted by atomic mass is 79.9. The van der Waals surface area contributed by atoms with Crippen molar-refractivity contribution in [3.63, 3.8) is 0 Å². The van der Waals surface area contributed by atoms with E-state index in [1.807, 2.05) is 4.90 Å². The van der Waals surface area contributed by atoms with Crippen molar-refractivity contribution in [3.8, 4) is 0 Å². The van der Waals surface area contributed by atoms with Gasteiger partial charge in [-0.3, -0.25) is 0 Å². The summed E-state index contributed by atoms with van der Waals surface area (Å²) in [5, 5.41) is 1.64. The number of anilines is 3. The number of nitrogens with two attached hydrogens (primary N) is 2. The van der Waals surface area contributed by atoms with Gasteiger partial charge in [0.25, 0.3) is 0 Å². The Morgan fingerprint density at radius 3 is 1.68 bits per heavy atom. The molecule has 2 atom stereocenters. The van der Waals surface area contributed by atoms with Gasteiger partial charge < -0.3 is 16.4 Å². The molecule has 0 aliphatic rings. The van der Waals surface area contributed by atoms with Crippen LogP contribution in [0.1, 0.15) is 0 Å². The quantitative estimate of drug-likeness (QED) is 0.530. The predicted octanol–water partition coefficient (Wildman–Crippen LogP) is 2.16. The van der Waals surface area contributed by atoms with Crippen molar-refractivity contribution in [1.29, 1.82) is 0 Å². The van der Waals surface area contributed by atoms with Crippen LogP contribution in [0, 0.1) is 0 Å². The fourth-order valence-electron chi connectivity index (χ4n) is 1.35. The van der Waals surface area contributed by atoms with Gasteiger partial charge >= 0.3 is 0 Å². The maximum absolute atomic E-state index is 5.61. The van der Waals surface area contributed by atoms with Gasteiger partial charge in [0.1, 0.15) is 0 Å². The second-order valence-electron chi connectivity index (χ2n) is 3.76. The van der Waals surface area contributed by atoms with Crippen molar-refractivity contribution < 1.29 is 0 Å². The van der Waals surface area contributed by atoms with Gasteiger partial charge in [-0.1, -0.05) is 63.7 Å². The summed E-state index contributed by atoms with van der Waals surface area (Å²) in [6.45, 7) is 1.45. The summed E-state index contributed by atoms with van der Waals surface area (Å²) in [6, 6.07) is 0. The van der Waals surface area contributed by atoms with Gasteiger partial charge in [0.05, 0.1) is 0 Å². The number of nitrogen functional groups attached to an aromatic ring is 2. The van der Waals surface area contributed by atoms with E-state index < -0.39 is 0 Å². The minimum atomic E-state index is 0.127. The molecule has 1 heterocycles. The Morgan fingerprint density at radius 2 is 1.32 bits per heavy atom. The molecule has 108 valence electrons. The minimum Gasteiger partial charge on any atom is -0.368 e. The average Bonchev–Trinajstić information content (AvgIpc) is 2.36. The van der Waals surface area contributed by atoms with E-state index in [1.165, 1.54) is 0 Å². The van der Waals surface area contributed by atoms with Crippen molar-refractivity contribution in [1.82, 2.24) is 15.0 Å². The molecular formula is C9H14Br4N6. The highest BCUT2D eigenvalue weighted by molar-refractivity contribution is 9.12. The minimum absolute atomic E-state index is 0.127. The third-order valence-corrected chi connectivity index (χ3v) is 6.64. The standard InChI is InChI=1S/C9H14Br4N6/c10-1-5(12)3-19(4-6(13)2-11)9-17-7(14)16-8(15)18-9/h5-6H,1-4H2,(H4,14,15,16,17,18). The maximum atomic E-state index is 5.61. The summed E-state index contributed by atoms with van der Waals surface area (Å²) in [5.41, 5.74) is 11.2. The normalized spacial score (nSPS) is 14.1. The SMILES string of the molecule is Nc1nc(N)nc(N(CC(Br)CBr)CC(Br)CBr)n1. The number of nitrogens with zero attached hydrogens (tertiary/aromatic N) is 4. The lowest BCUT2D eigenvalue weighted by Crippen LogP contribution is -2.37. The fourth-order valence-corrected chi connectivity index (χ4v) is 2.46. The van der Waals surface area contributed by atoms with Crippen LogP contribution in [0.3, 0.4) is 0 Å². The number of hydrogen-bond donors (Lipinski definition) is 2. The number of aromatic nitrogens is 3. The summed E-state index contributed by atoms with van der Waals surface area (Å²) < 4.78 is 0. The van der Waals surface area contributed by atoms with E-state index in [1.54, 1.807) is 0 Å². The Bertz CT molecular complexity index is 374. The maximum Gasteiger partial charge on any atom is 0.232 e. The van der Waals surface area contributed by atoms with Crippen LogP contribution in [-0.4, -0.2) is 48.4 Å². The zero-order valence-electron chi connectivity index (χ0n) is 9.94. The molecule has 1 rings (SSSR count). The van der Waals surface area contributed by atoms with E-state index in [0.717, 1.165) is 23.7 Å². The summed E-state index contributed by atoms with van der Waals surface area (Å²) in [6.07, 6.45) is 0. The monoisotopic (exact) mass is 522 g/mol. The molecule has 0 amide bonds. The molecule has 0 fully saturated rings. The molecule has 0 radical (unpaired) electrons. The second kappa shape index (κ2) is 8.58. The van der Waals surface area contributed by atoms with Gasteiger partial charge in [-0.05, 0) is 0 Å². The second-order valence-corrected chi connectivity index (χ2v) is 7.64. The van der Waals surface area contributed by atoms with E-state index in [9.17, 15) is 0 Å². The van der Waals surface area contributed by atoms with Gasteiger partial charge in [0, 0.05) is 33.4 Å². The Morgan fingerprint density at radius 1 is 0.895 bits per heavy atom. The number of halogens is 4. The Labute approximate surface area is 145 Å². The first-order valence-corrected chi connectivity index (χ1v) is 9.45. The average molecular weight is 526 g/mol. The first kappa shape index (κ1) is 17.4. The summed E-state index contributed by atoms with van der Waals surface area (Å²) in [4.78, 5) is 14.6. The van der Waals surface area contributed by atoms with E-state index >= 15 is 0 Å². The van der Waals surface area contributed by atoms with Crippen molar-refractivity contribution >= 4 is 81.6 Å². The Kier molecular flexibility index (Phi) is 7.85. The van der Waals surface area contributed by atoms with Gasteiger partial charge in [-0.25, -0.2) is 0 Å². The highest BCUT2D eigenvalue weighted by Crippen LogP contribution is 2.17. The van der Waals surface area contributed by atoms with E-state index in [0.29, 0.717) is 5.95 Å². The van der Waals surface area contributed by atoms with Crippen molar-refractivity contribution in [3.05, 3.63) is 0 Å². The zero-order chi connectivity index (χ0) is 14.4. The molecule has 0 aromatic carbocycles.